The first kappa shape index (κ1) is 54.1. The summed E-state index contributed by atoms with van der Waals surface area (Å²) >= 11 is 0. The van der Waals surface area contributed by atoms with Crippen LogP contribution in [0, 0.1) is 0 Å². The van der Waals surface area contributed by atoms with Crippen LogP contribution < -0.4 is 0 Å². The lowest BCUT2D eigenvalue weighted by Gasteiger charge is -2.41. The Labute approximate surface area is 351 Å². The summed E-state index contributed by atoms with van der Waals surface area (Å²) < 4.78 is 59.0. The maximum atomic E-state index is 12.8. The molecule has 0 radical (unpaired) electrons. The highest BCUT2D eigenvalue weighted by atomic mass is 32.3. The fourth-order valence-electron chi connectivity index (χ4n) is 6.56. The maximum Gasteiger partial charge on any atom is 0.397 e. The summed E-state index contributed by atoms with van der Waals surface area (Å²) in [5, 5.41) is 30.6. The van der Waals surface area contributed by atoms with Gasteiger partial charge in [-0.15, -0.1) is 0 Å². The van der Waals surface area contributed by atoms with E-state index in [1.807, 2.05) is 0 Å². The van der Waals surface area contributed by atoms with Gasteiger partial charge in [-0.25, -0.2) is 4.18 Å². The zero-order valence-corrected chi connectivity index (χ0v) is 36.7. The SMILES string of the molecule is CC/C=C\C/C=C\C/C=C\CCCCCC(=O)OC(COCCCCCCCCCC/C=C\CCCCCCCC)COC1OC(CO)C(O)C(OS(=O)(=O)O)C1O. The van der Waals surface area contributed by atoms with Gasteiger partial charge < -0.3 is 34.3 Å². The van der Waals surface area contributed by atoms with E-state index in [0.717, 1.165) is 57.8 Å². The van der Waals surface area contributed by atoms with Crippen molar-refractivity contribution in [1.29, 1.82) is 0 Å². The zero-order valence-electron chi connectivity index (χ0n) is 35.8. The Kier molecular flexibility index (Phi) is 34.4. The van der Waals surface area contributed by atoms with E-state index in [-0.39, 0.29) is 19.6 Å². The second-order valence-corrected chi connectivity index (χ2v) is 16.3. The van der Waals surface area contributed by atoms with E-state index in [9.17, 15) is 28.5 Å². The first-order valence-electron chi connectivity index (χ1n) is 22.4. The summed E-state index contributed by atoms with van der Waals surface area (Å²) in [6.45, 7) is 3.82. The van der Waals surface area contributed by atoms with Crippen molar-refractivity contribution in [3.63, 3.8) is 0 Å². The molecule has 1 aliphatic rings. The number of aliphatic hydroxyl groups is 3. The van der Waals surface area contributed by atoms with Crippen LogP contribution in [0.2, 0.25) is 0 Å². The number of carbonyl (C=O) groups is 1. The minimum absolute atomic E-state index is 0.0209. The molecule has 4 N–H and O–H groups in total. The van der Waals surface area contributed by atoms with Gasteiger partial charge in [0.25, 0.3) is 0 Å². The van der Waals surface area contributed by atoms with Crippen molar-refractivity contribution in [2.75, 3.05) is 26.4 Å². The van der Waals surface area contributed by atoms with Crippen LogP contribution in [0.3, 0.4) is 0 Å². The van der Waals surface area contributed by atoms with Crippen LogP contribution >= 0.6 is 0 Å². The molecule has 0 aromatic heterocycles. The van der Waals surface area contributed by atoms with Gasteiger partial charge >= 0.3 is 16.4 Å². The van der Waals surface area contributed by atoms with Crippen LogP contribution in [-0.2, 0) is 38.3 Å². The van der Waals surface area contributed by atoms with Gasteiger partial charge in [0.1, 0.15) is 30.5 Å². The van der Waals surface area contributed by atoms with Gasteiger partial charge in [0.05, 0.1) is 19.8 Å². The highest BCUT2D eigenvalue weighted by molar-refractivity contribution is 7.80. The highest BCUT2D eigenvalue weighted by Crippen LogP contribution is 2.26. The number of hydrogen-bond donors (Lipinski definition) is 4. The van der Waals surface area contributed by atoms with Crippen molar-refractivity contribution in [3.8, 4) is 0 Å². The Morgan fingerprint density at radius 3 is 1.76 bits per heavy atom. The molecule has 1 rings (SSSR count). The third kappa shape index (κ3) is 30.1. The van der Waals surface area contributed by atoms with E-state index in [4.69, 9.17) is 23.5 Å². The third-order valence-electron chi connectivity index (χ3n) is 9.93. The van der Waals surface area contributed by atoms with Gasteiger partial charge in [0.2, 0.25) is 0 Å². The minimum atomic E-state index is -5.07. The highest BCUT2D eigenvalue weighted by Gasteiger charge is 2.48. The molecule has 0 saturated carbocycles. The fourth-order valence-corrected chi connectivity index (χ4v) is 7.07. The minimum Gasteiger partial charge on any atom is -0.457 e. The molecule has 0 aliphatic carbocycles. The smallest absolute Gasteiger partial charge is 0.397 e. The molecule has 338 valence electrons. The van der Waals surface area contributed by atoms with Gasteiger partial charge in [0.15, 0.2) is 6.29 Å². The Bertz CT molecular complexity index is 1200. The first-order valence-corrected chi connectivity index (χ1v) is 23.8. The van der Waals surface area contributed by atoms with E-state index in [0.29, 0.717) is 13.0 Å². The molecule has 0 aromatic rings. The number of ether oxygens (including phenoxy) is 4. The number of rotatable bonds is 38. The van der Waals surface area contributed by atoms with Gasteiger partial charge in [-0.3, -0.25) is 9.35 Å². The molecule has 6 unspecified atom stereocenters. The molecular formula is C45H80O12S. The van der Waals surface area contributed by atoms with Crippen molar-refractivity contribution in [2.24, 2.45) is 0 Å². The van der Waals surface area contributed by atoms with Crippen molar-refractivity contribution in [1.82, 2.24) is 0 Å². The fraction of sp³-hybridized carbons (Fsp3) is 0.800. The number of unbranched alkanes of at least 4 members (excludes halogenated alkanes) is 17. The summed E-state index contributed by atoms with van der Waals surface area (Å²) in [5.41, 5.74) is 0. The molecule has 58 heavy (non-hydrogen) atoms. The van der Waals surface area contributed by atoms with Crippen LogP contribution in [0.25, 0.3) is 0 Å². The number of aliphatic hydroxyl groups excluding tert-OH is 3. The Morgan fingerprint density at radius 1 is 0.672 bits per heavy atom. The largest absolute Gasteiger partial charge is 0.457 e. The van der Waals surface area contributed by atoms with Gasteiger partial charge in [-0.2, -0.15) is 8.42 Å². The Morgan fingerprint density at radius 2 is 1.19 bits per heavy atom. The molecule has 12 nitrogen and oxygen atoms in total. The third-order valence-corrected chi connectivity index (χ3v) is 10.4. The quantitative estimate of drug-likeness (QED) is 0.0201. The average molecular weight is 845 g/mol. The number of allylic oxidation sites excluding steroid dienone is 8. The topological polar surface area (TPSA) is 178 Å². The first-order chi connectivity index (χ1) is 28.1. The maximum absolute atomic E-state index is 12.8. The zero-order chi connectivity index (χ0) is 42.5. The molecule has 13 heteroatoms. The summed E-state index contributed by atoms with van der Waals surface area (Å²) in [5.74, 6) is -0.430. The van der Waals surface area contributed by atoms with E-state index in [1.54, 1.807) is 0 Å². The van der Waals surface area contributed by atoms with Crippen LogP contribution in [0.15, 0.2) is 48.6 Å². The Balaban J connectivity index is 2.44. The number of hydrogen-bond acceptors (Lipinski definition) is 11. The van der Waals surface area contributed by atoms with Crippen molar-refractivity contribution in [3.05, 3.63) is 48.6 Å². The number of esters is 1. The van der Waals surface area contributed by atoms with Gasteiger partial charge in [-0.05, 0) is 70.6 Å². The predicted molar refractivity (Wildman–Crippen MR) is 230 cm³/mol. The molecule has 1 aliphatic heterocycles. The lowest BCUT2D eigenvalue weighted by molar-refractivity contribution is -0.301. The van der Waals surface area contributed by atoms with Crippen LogP contribution in [0.4, 0.5) is 0 Å². The normalized spacial score (nSPS) is 21.0. The summed E-state index contributed by atoms with van der Waals surface area (Å²) in [6, 6.07) is 0. The molecule has 0 amide bonds. The standard InChI is InChI=1S/C45H80O12S/c1-3-5-7-9-11-13-15-17-18-19-20-21-23-25-27-29-31-33-35-53-37-39(38-54-45-43(49)44(57-58(50,51)52)42(48)40(36-46)56-45)55-41(47)34-32-30-28-26-24-22-16-14-12-10-8-6-4-2/h6,8,12,14,17-18,22,24,39-40,42-46,48-49H,3-5,7,9-11,13,15-16,19-21,23,25-38H2,1-2H3,(H,50,51,52)/b8-6-,14-12-,18-17-,24-22-. The second-order valence-electron chi connectivity index (χ2n) is 15.3. The summed E-state index contributed by atoms with van der Waals surface area (Å²) in [4.78, 5) is 12.8. The molecule has 0 spiro atoms. The Hall–Kier alpha value is -1.94. The van der Waals surface area contributed by atoms with E-state index < -0.39 is 59.8 Å². The molecule has 1 saturated heterocycles. The van der Waals surface area contributed by atoms with E-state index in [2.05, 4.69) is 66.6 Å². The van der Waals surface area contributed by atoms with Gasteiger partial charge in [0, 0.05) is 13.0 Å². The lowest BCUT2D eigenvalue weighted by atomic mass is 9.99. The number of carbonyl (C=O) groups excluding carboxylic acids is 1. The monoisotopic (exact) mass is 845 g/mol. The van der Waals surface area contributed by atoms with E-state index in [1.165, 1.54) is 83.5 Å². The summed E-state index contributed by atoms with van der Waals surface area (Å²) in [7, 11) is -5.07. The molecular weight excluding hydrogens is 765 g/mol. The van der Waals surface area contributed by atoms with E-state index >= 15 is 0 Å². The van der Waals surface area contributed by atoms with Gasteiger partial charge in [-0.1, -0.05) is 140 Å². The molecule has 0 bridgehead atoms. The predicted octanol–water partition coefficient (Wildman–Crippen LogP) is 9.19. The average Bonchev–Trinajstić information content (AvgIpc) is 3.19. The molecule has 0 aromatic carbocycles. The lowest BCUT2D eigenvalue weighted by Crippen LogP contribution is -2.60. The molecule has 6 atom stereocenters. The van der Waals surface area contributed by atoms with Crippen molar-refractivity contribution >= 4 is 16.4 Å². The van der Waals surface area contributed by atoms with Crippen molar-refractivity contribution in [2.45, 2.75) is 205 Å². The summed E-state index contributed by atoms with van der Waals surface area (Å²) in [6.07, 6.45) is 34.4. The molecule has 1 heterocycles. The second kappa shape index (κ2) is 36.9. The van der Waals surface area contributed by atoms with Crippen LogP contribution in [-0.4, -0.2) is 97.5 Å². The van der Waals surface area contributed by atoms with Crippen molar-refractivity contribution < 1.29 is 56.2 Å². The van der Waals surface area contributed by atoms with Crippen LogP contribution in [0.5, 0.6) is 0 Å². The molecule has 1 fully saturated rings. The van der Waals surface area contributed by atoms with Crippen LogP contribution in [0.1, 0.15) is 168 Å².